The highest BCUT2D eigenvalue weighted by atomic mass is 32.2. The van der Waals surface area contributed by atoms with Crippen molar-refractivity contribution in [2.45, 2.75) is 80.9 Å². The van der Waals surface area contributed by atoms with E-state index in [2.05, 4.69) is 31.1 Å². The van der Waals surface area contributed by atoms with Gasteiger partial charge in [-0.15, -0.1) is 0 Å². The Morgan fingerprint density at radius 1 is 1.02 bits per heavy atom. The summed E-state index contributed by atoms with van der Waals surface area (Å²) in [6, 6.07) is 12.8. The number of nitrogens with one attached hydrogen (secondary N) is 1. The average Bonchev–Trinajstić information content (AvgIpc) is 3.31. The maximum Gasteiger partial charge on any atom is 0.490 e. The molecule has 4 atom stereocenters. The predicted octanol–water partition coefficient (Wildman–Crippen LogP) is 5.70. The lowest BCUT2D eigenvalue weighted by molar-refractivity contribution is -0.192. The first kappa shape index (κ1) is 36.1. The molecular formula is C30H37F6N3O5S. The van der Waals surface area contributed by atoms with E-state index in [9.17, 15) is 39.6 Å². The number of hydrogen-bond acceptors (Lipinski definition) is 6. The van der Waals surface area contributed by atoms with Gasteiger partial charge in [-0.05, 0) is 82.8 Å². The summed E-state index contributed by atoms with van der Waals surface area (Å²) in [7, 11) is -1.52. The van der Waals surface area contributed by atoms with Crippen LogP contribution in [0.25, 0.3) is 0 Å². The molecule has 2 N–H and O–H groups in total. The molecule has 1 saturated carbocycles. The van der Waals surface area contributed by atoms with Crippen LogP contribution in [0.3, 0.4) is 0 Å². The van der Waals surface area contributed by atoms with Gasteiger partial charge in [0.2, 0.25) is 5.91 Å². The Morgan fingerprint density at radius 2 is 1.64 bits per heavy atom. The van der Waals surface area contributed by atoms with E-state index in [0.29, 0.717) is 31.8 Å². The Balaban J connectivity index is 0.000000707. The number of amides is 1. The van der Waals surface area contributed by atoms with Crippen molar-refractivity contribution in [2.75, 3.05) is 24.7 Å². The maximum atomic E-state index is 13.5. The summed E-state index contributed by atoms with van der Waals surface area (Å²) in [4.78, 5) is 26.7. The van der Waals surface area contributed by atoms with E-state index in [4.69, 9.17) is 9.90 Å². The second-order valence-corrected chi connectivity index (χ2v) is 13.6. The van der Waals surface area contributed by atoms with E-state index in [1.807, 2.05) is 0 Å². The maximum absolute atomic E-state index is 13.5. The summed E-state index contributed by atoms with van der Waals surface area (Å²) in [5.41, 5.74) is -0.533. The number of nitrogens with zero attached hydrogens (tertiary/aromatic N) is 2. The summed E-state index contributed by atoms with van der Waals surface area (Å²) < 4.78 is 97.9. The first-order valence-corrected chi connectivity index (χ1v) is 16.0. The molecule has 0 aromatic heterocycles. The summed E-state index contributed by atoms with van der Waals surface area (Å²) in [6.45, 7) is 4.65. The standard InChI is InChI=1S/C28H36F3N3O3S.C2HF3O2/c1-19(2)33(3)23-12-13-26(20(16-23)18-38(36,37)24-10-5-4-6-11-24)34-15-14-25(27(34)35)32-22-9-7-8-21(17-22)28(29,30)31;3-2(4,5)1(6)7/h4-11,17,19-20,23,25-26,32H,12-16,18H2,1-3H3;(H,6,7)/t20-,23+,25?,26-;/m0./s1. The number of sulfone groups is 1. The zero-order valence-electron chi connectivity index (χ0n) is 25.0. The van der Waals surface area contributed by atoms with E-state index in [0.717, 1.165) is 18.6 Å². The van der Waals surface area contributed by atoms with Crippen LogP contribution in [0.1, 0.15) is 45.1 Å². The summed E-state index contributed by atoms with van der Waals surface area (Å²) in [5, 5.41) is 10.1. The first-order chi connectivity index (χ1) is 20.8. The molecule has 4 rings (SSSR count). The van der Waals surface area contributed by atoms with E-state index in [1.165, 1.54) is 12.1 Å². The normalized spacial score (nSPS) is 22.7. The highest BCUT2D eigenvalue weighted by molar-refractivity contribution is 7.91. The quantitative estimate of drug-likeness (QED) is 0.349. The summed E-state index contributed by atoms with van der Waals surface area (Å²) >= 11 is 0. The monoisotopic (exact) mass is 665 g/mol. The van der Waals surface area contributed by atoms with Crippen molar-refractivity contribution in [1.29, 1.82) is 0 Å². The Bertz CT molecular complexity index is 1420. The zero-order valence-corrected chi connectivity index (χ0v) is 25.8. The lowest BCUT2D eigenvalue weighted by atomic mass is 9.81. The minimum Gasteiger partial charge on any atom is -0.475 e. The predicted molar refractivity (Wildman–Crippen MR) is 155 cm³/mol. The number of likely N-dealkylation sites (tertiary alicyclic amines) is 1. The third-order valence-electron chi connectivity index (χ3n) is 8.25. The minimum absolute atomic E-state index is 0.0559. The van der Waals surface area contributed by atoms with Crippen molar-refractivity contribution in [3.8, 4) is 0 Å². The van der Waals surface area contributed by atoms with E-state index < -0.39 is 39.8 Å². The molecule has 1 unspecified atom stereocenters. The second kappa shape index (κ2) is 14.4. The van der Waals surface area contributed by atoms with Crippen LogP contribution in [0, 0.1) is 5.92 Å². The number of carboxylic acids is 1. The molecular weight excluding hydrogens is 628 g/mol. The minimum atomic E-state index is -5.08. The Hall–Kier alpha value is -3.33. The first-order valence-electron chi connectivity index (χ1n) is 14.4. The third-order valence-corrected chi connectivity index (χ3v) is 10.1. The van der Waals surface area contributed by atoms with Crippen LogP contribution in [-0.2, 0) is 25.6 Å². The lowest BCUT2D eigenvalue weighted by Crippen LogP contribution is -2.52. The fourth-order valence-corrected chi connectivity index (χ4v) is 7.45. The third kappa shape index (κ3) is 9.58. The van der Waals surface area contributed by atoms with Gasteiger partial charge < -0.3 is 20.2 Å². The summed E-state index contributed by atoms with van der Waals surface area (Å²) in [5.74, 6) is -3.26. The van der Waals surface area contributed by atoms with Crippen molar-refractivity contribution < 1.29 is 49.5 Å². The van der Waals surface area contributed by atoms with Gasteiger partial charge in [-0.1, -0.05) is 24.3 Å². The highest BCUT2D eigenvalue weighted by Gasteiger charge is 2.44. The molecule has 15 heteroatoms. The highest BCUT2D eigenvalue weighted by Crippen LogP contribution is 2.37. The van der Waals surface area contributed by atoms with Crippen LogP contribution in [0.5, 0.6) is 0 Å². The molecule has 1 aliphatic heterocycles. The SMILES string of the molecule is CC(C)N(C)[C@@H]1CC[C@H](N2CCC(Nc3cccc(C(F)(F)F)c3)C2=O)[C@H](CS(=O)(=O)c2ccccc2)C1.O=C(O)C(F)(F)F. The van der Waals surface area contributed by atoms with Gasteiger partial charge >= 0.3 is 18.3 Å². The fraction of sp³-hybridized carbons (Fsp3) is 0.533. The number of carboxylic acid groups (broad SMARTS) is 1. The number of hydrogen-bond donors (Lipinski definition) is 2. The van der Waals surface area contributed by atoms with Crippen molar-refractivity contribution in [3.05, 3.63) is 60.2 Å². The number of carbonyl (C=O) groups excluding carboxylic acids is 1. The molecule has 2 aromatic rings. The molecule has 2 aromatic carbocycles. The molecule has 8 nitrogen and oxygen atoms in total. The molecule has 2 fully saturated rings. The van der Waals surface area contributed by atoms with Gasteiger partial charge in [0.25, 0.3) is 0 Å². The van der Waals surface area contributed by atoms with Crippen molar-refractivity contribution in [1.82, 2.24) is 9.80 Å². The van der Waals surface area contributed by atoms with Crippen LogP contribution in [0.15, 0.2) is 59.5 Å². The van der Waals surface area contributed by atoms with E-state index in [-0.39, 0.29) is 40.2 Å². The number of halogens is 6. The zero-order chi connectivity index (χ0) is 33.7. The smallest absolute Gasteiger partial charge is 0.475 e. The van der Waals surface area contributed by atoms with Crippen LogP contribution >= 0.6 is 0 Å². The Labute approximate surface area is 258 Å². The number of aliphatic carboxylic acids is 1. The molecule has 1 amide bonds. The lowest BCUT2D eigenvalue weighted by Gasteiger charge is -2.44. The fourth-order valence-electron chi connectivity index (χ4n) is 5.76. The molecule has 1 aliphatic carbocycles. The van der Waals surface area contributed by atoms with Gasteiger partial charge in [0.15, 0.2) is 9.84 Å². The van der Waals surface area contributed by atoms with E-state index >= 15 is 0 Å². The van der Waals surface area contributed by atoms with Crippen molar-refractivity contribution in [3.63, 3.8) is 0 Å². The van der Waals surface area contributed by atoms with Gasteiger partial charge in [0.05, 0.1) is 16.2 Å². The van der Waals surface area contributed by atoms with Gasteiger partial charge in [-0.3, -0.25) is 4.79 Å². The number of anilines is 1. The molecule has 250 valence electrons. The molecule has 1 heterocycles. The molecule has 2 aliphatic rings. The van der Waals surface area contributed by atoms with Crippen LogP contribution in [0.2, 0.25) is 0 Å². The second-order valence-electron chi connectivity index (χ2n) is 11.5. The van der Waals surface area contributed by atoms with Crippen LogP contribution in [0.4, 0.5) is 32.0 Å². The molecule has 1 saturated heterocycles. The van der Waals surface area contributed by atoms with Crippen molar-refractivity contribution in [2.24, 2.45) is 5.92 Å². The molecule has 0 radical (unpaired) electrons. The largest absolute Gasteiger partial charge is 0.490 e. The number of carbonyl (C=O) groups is 2. The molecule has 0 spiro atoms. The van der Waals surface area contributed by atoms with Crippen molar-refractivity contribution >= 4 is 27.4 Å². The number of alkyl halides is 6. The summed E-state index contributed by atoms with van der Waals surface area (Å²) in [6.07, 6.45) is -6.93. The Kier molecular flexibility index (Phi) is 11.6. The van der Waals surface area contributed by atoms with Crippen LogP contribution in [-0.4, -0.2) is 84.9 Å². The van der Waals surface area contributed by atoms with E-state index in [1.54, 1.807) is 35.2 Å². The van der Waals surface area contributed by atoms with Gasteiger partial charge in [-0.25, -0.2) is 13.2 Å². The average molecular weight is 666 g/mol. The van der Waals surface area contributed by atoms with Gasteiger partial charge in [-0.2, -0.15) is 26.3 Å². The molecule has 0 bridgehead atoms. The Morgan fingerprint density at radius 3 is 2.20 bits per heavy atom. The number of rotatable bonds is 8. The molecule has 45 heavy (non-hydrogen) atoms. The van der Waals surface area contributed by atoms with Gasteiger partial charge in [0, 0.05) is 30.4 Å². The van der Waals surface area contributed by atoms with Gasteiger partial charge in [0.1, 0.15) is 6.04 Å². The topological polar surface area (TPSA) is 107 Å². The van der Waals surface area contributed by atoms with Crippen LogP contribution < -0.4 is 5.32 Å². The number of benzene rings is 2.